The van der Waals surface area contributed by atoms with Gasteiger partial charge in [-0.3, -0.25) is 0 Å². The predicted molar refractivity (Wildman–Crippen MR) is 44.0 cm³/mol. The molecule has 0 unspecified atom stereocenters. The third kappa shape index (κ3) is 1.34. The average Bonchev–Trinajstić information content (AvgIpc) is 2.60. The van der Waals surface area contributed by atoms with Crippen LogP contribution in [0, 0.1) is 6.67 Å². The van der Waals surface area contributed by atoms with Crippen LogP contribution < -0.4 is 0 Å². The molecule has 0 aliphatic heterocycles. The summed E-state index contributed by atoms with van der Waals surface area (Å²) in [4.78, 5) is 0. The first-order valence-electron chi connectivity index (χ1n) is 3.55. The summed E-state index contributed by atoms with van der Waals surface area (Å²) in [5, 5.41) is 0. The van der Waals surface area contributed by atoms with Crippen LogP contribution in [0.4, 0.5) is 0 Å². The molecular weight excluding hydrogens is 136 g/mol. The van der Waals surface area contributed by atoms with Crippen LogP contribution in [0.25, 0.3) is 0 Å². The monoisotopic (exact) mass is 145 g/mol. The van der Waals surface area contributed by atoms with Gasteiger partial charge in [-0.1, -0.05) is 0 Å². The van der Waals surface area contributed by atoms with E-state index in [2.05, 4.69) is 0 Å². The van der Waals surface area contributed by atoms with Gasteiger partial charge in [-0.2, -0.15) is 0 Å². The van der Waals surface area contributed by atoms with Crippen molar-refractivity contribution < 1.29 is 0 Å². The number of hydrogen-bond donors (Lipinski definition) is 0. The second kappa shape index (κ2) is 2.66. The smallest absolute Gasteiger partial charge is 0.149 e. The van der Waals surface area contributed by atoms with E-state index >= 15 is 0 Å². The van der Waals surface area contributed by atoms with E-state index in [-0.39, 0.29) is 0 Å². The lowest BCUT2D eigenvalue weighted by atomic mass is 10.7. The third-order valence-corrected chi connectivity index (χ3v) is 1.52. The zero-order valence-electron chi connectivity index (χ0n) is 6.09. The van der Waals surface area contributed by atoms with Crippen molar-refractivity contribution in [3.63, 3.8) is 0 Å². The zero-order valence-corrected chi connectivity index (χ0v) is 6.09. The third-order valence-electron chi connectivity index (χ3n) is 1.52. The minimum Gasteiger partial charge on any atom is -0.330 e. The van der Waals surface area contributed by atoms with Crippen LogP contribution in [0.2, 0.25) is 0 Å². The van der Waals surface area contributed by atoms with E-state index in [0.29, 0.717) is 0 Å². The molecule has 2 aromatic rings. The highest BCUT2D eigenvalue weighted by atomic mass is 15.1. The molecule has 2 rings (SSSR count). The lowest BCUT2D eigenvalue weighted by Crippen LogP contribution is -1.99. The number of nitrogens with zero attached hydrogens (tertiary/aromatic N) is 2. The Labute approximate surface area is 65.7 Å². The SMILES string of the molecule is [CH](n1cccc1)n1cccc1. The summed E-state index contributed by atoms with van der Waals surface area (Å²) in [6.07, 6.45) is 8.00. The number of rotatable bonds is 2. The average molecular weight is 145 g/mol. The summed E-state index contributed by atoms with van der Waals surface area (Å²) in [6, 6.07) is 8.00. The van der Waals surface area contributed by atoms with Gasteiger partial charge in [0.25, 0.3) is 0 Å². The summed E-state index contributed by atoms with van der Waals surface area (Å²) >= 11 is 0. The second-order valence-corrected chi connectivity index (χ2v) is 2.38. The summed E-state index contributed by atoms with van der Waals surface area (Å²) in [5.41, 5.74) is 0. The van der Waals surface area contributed by atoms with E-state index in [4.69, 9.17) is 0 Å². The van der Waals surface area contributed by atoms with Crippen LogP contribution in [0.3, 0.4) is 0 Å². The maximum atomic E-state index is 2.00. The fraction of sp³-hybridized carbons (Fsp3) is 0. The maximum Gasteiger partial charge on any atom is 0.149 e. The van der Waals surface area contributed by atoms with Crippen molar-refractivity contribution in [2.75, 3.05) is 0 Å². The van der Waals surface area contributed by atoms with E-state index in [1.165, 1.54) is 0 Å². The topological polar surface area (TPSA) is 9.86 Å². The molecule has 2 heteroatoms. The highest BCUT2D eigenvalue weighted by Crippen LogP contribution is 1.96. The van der Waals surface area contributed by atoms with Crippen LogP contribution in [0.15, 0.2) is 49.1 Å². The van der Waals surface area contributed by atoms with Crippen LogP contribution in [0.5, 0.6) is 0 Å². The van der Waals surface area contributed by atoms with E-state index in [1.807, 2.05) is 64.9 Å². The Morgan fingerprint density at radius 3 is 1.36 bits per heavy atom. The van der Waals surface area contributed by atoms with Crippen molar-refractivity contribution in [1.29, 1.82) is 0 Å². The molecule has 0 bridgehead atoms. The van der Waals surface area contributed by atoms with Crippen molar-refractivity contribution in [1.82, 2.24) is 9.13 Å². The first kappa shape index (κ1) is 6.28. The zero-order chi connectivity index (χ0) is 7.52. The molecule has 0 aliphatic carbocycles. The molecule has 2 aromatic heterocycles. The number of aromatic nitrogens is 2. The van der Waals surface area contributed by atoms with Crippen molar-refractivity contribution in [2.24, 2.45) is 0 Å². The molecule has 0 saturated carbocycles. The van der Waals surface area contributed by atoms with Gasteiger partial charge in [0.05, 0.1) is 0 Å². The molecular formula is C9H9N2. The van der Waals surface area contributed by atoms with E-state index in [0.717, 1.165) is 0 Å². The van der Waals surface area contributed by atoms with Crippen LogP contribution in [-0.2, 0) is 0 Å². The summed E-state index contributed by atoms with van der Waals surface area (Å²) in [5.74, 6) is 0. The van der Waals surface area contributed by atoms with Crippen molar-refractivity contribution in [2.45, 2.75) is 0 Å². The van der Waals surface area contributed by atoms with Crippen molar-refractivity contribution in [3.05, 3.63) is 55.7 Å². The molecule has 55 valence electrons. The molecule has 0 spiro atoms. The van der Waals surface area contributed by atoms with Gasteiger partial charge in [0.2, 0.25) is 0 Å². The molecule has 2 heterocycles. The highest BCUT2D eigenvalue weighted by molar-refractivity contribution is 4.99. The van der Waals surface area contributed by atoms with Crippen molar-refractivity contribution >= 4 is 0 Å². The molecule has 0 fully saturated rings. The van der Waals surface area contributed by atoms with Crippen molar-refractivity contribution in [3.8, 4) is 0 Å². The molecule has 11 heavy (non-hydrogen) atoms. The Bertz CT molecular complexity index is 260. The quantitative estimate of drug-likeness (QED) is 0.610. The van der Waals surface area contributed by atoms with Crippen LogP contribution >= 0.6 is 0 Å². The Hall–Kier alpha value is -1.44. The van der Waals surface area contributed by atoms with Gasteiger partial charge >= 0.3 is 0 Å². The van der Waals surface area contributed by atoms with Gasteiger partial charge in [-0.15, -0.1) is 0 Å². The van der Waals surface area contributed by atoms with E-state index < -0.39 is 0 Å². The van der Waals surface area contributed by atoms with Gasteiger partial charge in [0.1, 0.15) is 6.67 Å². The molecule has 2 nitrogen and oxygen atoms in total. The van der Waals surface area contributed by atoms with Crippen LogP contribution in [-0.4, -0.2) is 9.13 Å². The second-order valence-electron chi connectivity index (χ2n) is 2.38. The lowest BCUT2D eigenvalue weighted by Gasteiger charge is -2.01. The Balaban J connectivity index is 2.14. The summed E-state index contributed by atoms with van der Waals surface area (Å²) < 4.78 is 4.00. The fourth-order valence-corrected chi connectivity index (χ4v) is 1.00. The van der Waals surface area contributed by atoms with Gasteiger partial charge in [0.15, 0.2) is 0 Å². The van der Waals surface area contributed by atoms with E-state index in [9.17, 15) is 0 Å². The number of hydrogen-bond acceptors (Lipinski definition) is 0. The standard InChI is InChI=1S/C9H9N2/c1-2-6-10(5-1)9-11-7-3-4-8-11/h1-9H. The molecule has 0 N–H and O–H groups in total. The van der Waals surface area contributed by atoms with Crippen LogP contribution in [0.1, 0.15) is 0 Å². The minimum atomic E-state index is 2.00. The molecule has 0 saturated heterocycles. The van der Waals surface area contributed by atoms with Gasteiger partial charge in [-0.05, 0) is 24.3 Å². The first-order valence-corrected chi connectivity index (χ1v) is 3.55. The predicted octanol–water partition coefficient (Wildman–Crippen LogP) is 1.81. The molecule has 0 aliphatic rings. The Morgan fingerprint density at radius 2 is 1.00 bits per heavy atom. The Kier molecular flexibility index (Phi) is 1.52. The minimum absolute atomic E-state index is 2.00. The molecule has 0 aromatic carbocycles. The van der Waals surface area contributed by atoms with Gasteiger partial charge < -0.3 is 9.13 Å². The highest BCUT2D eigenvalue weighted by Gasteiger charge is 1.88. The largest absolute Gasteiger partial charge is 0.330 e. The molecule has 1 radical (unpaired) electrons. The first-order chi connectivity index (χ1) is 5.45. The maximum absolute atomic E-state index is 2.00. The summed E-state index contributed by atoms with van der Waals surface area (Å²) in [6.45, 7) is 2.00. The molecule has 0 amide bonds. The molecule has 0 atom stereocenters. The normalized spacial score (nSPS) is 10.2. The van der Waals surface area contributed by atoms with Gasteiger partial charge in [0, 0.05) is 24.8 Å². The summed E-state index contributed by atoms with van der Waals surface area (Å²) in [7, 11) is 0. The fourth-order valence-electron chi connectivity index (χ4n) is 1.00. The van der Waals surface area contributed by atoms with Gasteiger partial charge in [-0.25, -0.2) is 0 Å². The Morgan fingerprint density at radius 1 is 0.636 bits per heavy atom. The lowest BCUT2D eigenvalue weighted by molar-refractivity contribution is 0.811. The van der Waals surface area contributed by atoms with E-state index in [1.54, 1.807) is 0 Å².